The number of carboxylic acids is 2. The van der Waals surface area contributed by atoms with Crippen molar-refractivity contribution < 1.29 is 24.5 Å². The molecule has 0 aliphatic heterocycles. The highest BCUT2D eigenvalue weighted by Gasteiger charge is 2.37. The highest BCUT2D eigenvalue weighted by molar-refractivity contribution is 5.86. The second-order valence-corrected chi connectivity index (χ2v) is 3.94. The summed E-state index contributed by atoms with van der Waals surface area (Å²) in [7, 11) is 1.47. The van der Waals surface area contributed by atoms with Gasteiger partial charge in [-0.3, -0.25) is 9.59 Å². The SMILES string of the molecule is COc1cccc(C(C)(CC(=O)O)C(=O)O)c1. The predicted molar refractivity (Wildman–Crippen MR) is 60.2 cm³/mol. The fourth-order valence-electron chi connectivity index (χ4n) is 1.57. The third-order valence-electron chi connectivity index (χ3n) is 2.68. The van der Waals surface area contributed by atoms with E-state index in [9.17, 15) is 14.7 Å². The summed E-state index contributed by atoms with van der Waals surface area (Å²) in [6.07, 6.45) is -0.477. The number of carboxylic acid groups (broad SMARTS) is 2. The molecule has 0 saturated carbocycles. The van der Waals surface area contributed by atoms with Gasteiger partial charge in [-0.2, -0.15) is 0 Å². The van der Waals surface area contributed by atoms with Crippen LogP contribution in [0.5, 0.6) is 5.75 Å². The molecule has 17 heavy (non-hydrogen) atoms. The van der Waals surface area contributed by atoms with Gasteiger partial charge in [0.15, 0.2) is 0 Å². The Morgan fingerprint density at radius 3 is 2.47 bits per heavy atom. The lowest BCUT2D eigenvalue weighted by Crippen LogP contribution is -2.34. The van der Waals surface area contributed by atoms with Crippen LogP contribution < -0.4 is 4.74 Å². The van der Waals surface area contributed by atoms with Crippen LogP contribution in [0.25, 0.3) is 0 Å². The quantitative estimate of drug-likeness (QED) is 0.812. The van der Waals surface area contributed by atoms with E-state index < -0.39 is 23.8 Å². The van der Waals surface area contributed by atoms with Crippen molar-refractivity contribution in [2.45, 2.75) is 18.8 Å². The van der Waals surface area contributed by atoms with E-state index in [-0.39, 0.29) is 0 Å². The van der Waals surface area contributed by atoms with Crippen LogP contribution in [0, 0.1) is 0 Å². The van der Waals surface area contributed by atoms with E-state index in [2.05, 4.69) is 0 Å². The van der Waals surface area contributed by atoms with Crippen molar-refractivity contribution in [3.05, 3.63) is 29.8 Å². The summed E-state index contributed by atoms with van der Waals surface area (Å²) in [5.74, 6) is -1.83. The van der Waals surface area contributed by atoms with Crippen LogP contribution in [0.1, 0.15) is 18.9 Å². The molecule has 0 bridgehead atoms. The lowest BCUT2D eigenvalue weighted by molar-refractivity contribution is -0.149. The van der Waals surface area contributed by atoms with Gasteiger partial charge in [-0.05, 0) is 24.6 Å². The smallest absolute Gasteiger partial charge is 0.314 e. The molecule has 5 nitrogen and oxygen atoms in total. The van der Waals surface area contributed by atoms with Gasteiger partial charge in [-0.15, -0.1) is 0 Å². The molecule has 1 rings (SSSR count). The minimum Gasteiger partial charge on any atom is -0.497 e. The Hall–Kier alpha value is -2.04. The maximum atomic E-state index is 11.3. The highest BCUT2D eigenvalue weighted by Crippen LogP contribution is 2.30. The summed E-state index contributed by atoms with van der Waals surface area (Å²) >= 11 is 0. The number of rotatable bonds is 5. The summed E-state index contributed by atoms with van der Waals surface area (Å²) in [6, 6.07) is 6.43. The van der Waals surface area contributed by atoms with Crippen molar-refractivity contribution in [3.8, 4) is 5.75 Å². The van der Waals surface area contributed by atoms with Crippen molar-refractivity contribution in [1.29, 1.82) is 0 Å². The summed E-state index contributed by atoms with van der Waals surface area (Å²) in [6.45, 7) is 1.39. The zero-order valence-corrected chi connectivity index (χ0v) is 9.64. The van der Waals surface area contributed by atoms with Crippen LogP contribution in [-0.4, -0.2) is 29.3 Å². The van der Waals surface area contributed by atoms with Crippen molar-refractivity contribution in [3.63, 3.8) is 0 Å². The molecule has 0 aliphatic rings. The van der Waals surface area contributed by atoms with Crippen molar-refractivity contribution >= 4 is 11.9 Å². The molecule has 0 saturated heterocycles. The van der Waals surface area contributed by atoms with Crippen LogP contribution in [-0.2, 0) is 15.0 Å². The van der Waals surface area contributed by atoms with Gasteiger partial charge in [0.25, 0.3) is 0 Å². The number of hydrogen-bond acceptors (Lipinski definition) is 3. The molecule has 0 aromatic heterocycles. The lowest BCUT2D eigenvalue weighted by Gasteiger charge is -2.23. The van der Waals surface area contributed by atoms with Crippen molar-refractivity contribution in [2.75, 3.05) is 7.11 Å². The van der Waals surface area contributed by atoms with E-state index in [1.807, 2.05) is 0 Å². The number of methoxy groups -OCH3 is 1. The van der Waals surface area contributed by atoms with E-state index in [1.165, 1.54) is 20.1 Å². The van der Waals surface area contributed by atoms with Gasteiger partial charge < -0.3 is 14.9 Å². The topological polar surface area (TPSA) is 83.8 Å². The van der Waals surface area contributed by atoms with Crippen LogP contribution >= 0.6 is 0 Å². The minimum atomic E-state index is -1.46. The molecule has 5 heteroatoms. The third kappa shape index (κ3) is 2.75. The molecule has 0 aliphatic carbocycles. The Morgan fingerprint density at radius 1 is 1.35 bits per heavy atom. The number of ether oxygens (including phenoxy) is 1. The molecular weight excluding hydrogens is 224 g/mol. The first-order valence-corrected chi connectivity index (χ1v) is 5.00. The predicted octanol–water partition coefficient (Wildman–Crippen LogP) is 1.51. The fourth-order valence-corrected chi connectivity index (χ4v) is 1.57. The fraction of sp³-hybridized carbons (Fsp3) is 0.333. The monoisotopic (exact) mass is 238 g/mol. The highest BCUT2D eigenvalue weighted by atomic mass is 16.5. The first kappa shape index (κ1) is 13.0. The van der Waals surface area contributed by atoms with Crippen LogP contribution in [0.2, 0.25) is 0 Å². The first-order chi connectivity index (χ1) is 7.90. The number of benzene rings is 1. The first-order valence-electron chi connectivity index (χ1n) is 5.00. The molecule has 0 spiro atoms. The van der Waals surface area contributed by atoms with E-state index >= 15 is 0 Å². The van der Waals surface area contributed by atoms with E-state index in [0.29, 0.717) is 11.3 Å². The molecule has 1 aromatic carbocycles. The molecule has 1 atom stereocenters. The average molecular weight is 238 g/mol. The standard InChI is InChI=1S/C12H14O5/c1-12(11(15)16,7-10(13)14)8-4-3-5-9(6-8)17-2/h3-6H,7H2,1-2H3,(H,13,14)(H,15,16). The summed E-state index contributed by atoms with van der Waals surface area (Å²) in [5, 5.41) is 18.0. The van der Waals surface area contributed by atoms with Gasteiger partial charge in [0.1, 0.15) is 11.2 Å². The maximum Gasteiger partial charge on any atom is 0.314 e. The molecular formula is C12H14O5. The summed E-state index contributed by atoms with van der Waals surface area (Å²) in [4.78, 5) is 22.0. The molecule has 0 fully saturated rings. The largest absolute Gasteiger partial charge is 0.497 e. The van der Waals surface area contributed by atoms with Gasteiger partial charge in [0.05, 0.1) is 13.5 Å². The van der Waals surface area contributed by atoms with Crippen molar-refractivity contribution in [2.24, 2.45) is 0 Å². The Kier molecular flexibility index (Phi) is 3.73. The van der Waals surface area contributed by atoms with E-state index in [1.54, 1.807) is 18.2 Å². The summed E-state index contributed by atoms with van der Waals surface area (Å²) in [5.41, 5.74) is -1.05. The number of aliphatic carboxylic acids is 2. The molecule has 0 heterocycles. The maximum absolute atomic E-state index is 11.3. The zero-order valence-electron chi connectivity index (χ0n) is 9.64. The Bertz CT molecular complexity index is 440. The molecule has 0 amide bonds. The third-order valence-corrected chi connectivity index (χ3v) is 2.68. The van der Waals surface area contributed by atoms with Crippen LogP contribution in [0.4, 0.5) is 0 Å². The van der Waals surface area contributed by atoms with Crippen molar-refractivity contribution in [1.82, 2.24) is 0 Å². The van der Waals surface area contributed by atoms with E-state index in [0.717, 1.165) is 0 Å². The average Bonchev–Trinajstić information content (AvgIpc) is 2.28. The Balaban J connectivity index is 3.21. The van der Waals surface area contributed by atoms with E-state index in [4.69, 9.17) is 9.84 Å². The minimum absolute atomic E-state index is 0.409. The van der Waals surface area contributed by atoms with Gasteiger partial charge in [0.2, 0.25) is 0 Å². The normalized spacial score (nSPS) is 13.8. The molecule has 92 valence electrons. The van der Waals surface area contributed by atoms with Gasteiger partial charge >= 0.3 is 11.9 Å². The molecule has 1 aromatic rings. The molecule has 0 radical (unpaired) electrons. The van der Waals surface area contributed by atoms with Gasteiger partial charge in [-0.1, -0.05) is 12.1 Å². The molecule has 1 unspecified atom stereocenters. The second kappa shape index (κ2) is 4.86. The Morgan fingerprint density at radius 2 is 2.00 bits per heavy atom. The second-order valence-electron chi connectivity index (χ2n) is 3.94. The number of hydrogen-bond donors (Lipinski definition) is 2. The summed E-state index contributed by atoms with van der Waals surface area (Å²) < 4.78 is 4.99. The van der Waals surface area contributed by atoms with Crippen LogP contribution in [0.3, 0.4) is 0 Å². The van der Waals surface area contributed by atoms with Crippen LogP contribution in [0.15, 0.2) is 24.3 Å². The zero-order chi connectivity index (χ0) is 13.1. The molecule has 2 N–H and O–H groups in total. The number of carbonyl (C=O) groups is 2. The van der Waals surface area contributed by atoms with Gasteiger partial charge in [0, 0.05) is 0 Å². The Labute approximate surface area is 98.6 Å². The lowest BCUT2D eigenvalue weighted by atomic mass is 9.79. The van der Waals surface area contributed by atoms with Gasteiger partial charge in [-0.25, -0.2) is 0 Å².